The Morgan fingerprint density at radius 1 is 1.32 bits per heavy atom. The van der Waals surface area contributed by atoms with Crippen molar-refractivity contribution in [2.45, 2.75) is 39.3 Å². The molecule has 1 unspecified atom stereocenters. The highest BCUT2D eigenvalue weighted by molar-refractivity contribution is 9.10. The lowest BCUT2D eigenvalue weighted by Crippen LogP contribution is -2.09. The van der Waals surface area contributed by atoms with Crippen molar-refractivity contribution in [2.75, 3.05) is 0 Å². The summed E-state index contributed by atoms with van der Waals surface area (Å²) in [5.74, 6) is 0. The van der Waals surface area contributed by atoms with Gasteiger partial charge >= 0.3 is 0 Å². The van der Waals surface area contributed by atoms with Gasteiger partial charge in [0.2, 0.25) is 0 Å². The molecule has 3 nitrogen and oxygen atoms in total. The number of halogens is 1. The molecular formula is C15H19BrN2O. The molecule has 0 spiro atoms. The zero-order chi connectivity index (χ0) is 13.8. The topological polar surface area (TPSA) is 38.0 Å². The molecule has 0 saturated heterocycles. The number of benzene rings is 1. The summed E-state index contributed by atoms with van der Waals surface area (Å²) in [6.07, 6.45) is 2.82. The Labute approximate surface area is 122 Å². The summed E-state index contributed by atoms with van der Waals surface area (Å²) in [6, 6.07) is 8.45. The van der Waals surface area contributed by atoms with Gasteiger partial charge in [0.25, 0.3) is 0 Å². The molecule has 19 heavy (non-hydrogen) atoms. The van der Waals surface area contributed by atoms with Crippen molar-refractivity contribution >= 4 is 15.9 Å². The van der Waals surface area contributed by atoms with Gasteiger partial charge in [-0.3, -0.25) is 4.68 Å². The van der Waals surface area contributed by atoms with Crippen LogP contribution in [0.4, 0.5) is 0 Å². The minimum atomic E-state index is -0.488. The van der Waals surface area contributed by atoms with Gasteiger partial charge < -0.3 is 5.11 Å². The van der Waals surface area contributed by atoms with E-state index in [1.807, 2.05) is 11.6 Å². The van der Waals surface area contributed by atoms with Gasteiger partial charge in [0.1, 0.15) is 0 Å². The highest BCUT2D eigenvalue weighted by Gasteiger charge is 2.16. The van der Waals surface area contributed by atoms with E-state index in [0.29, 0.717) is 6.42 Å². The third-order valence-electron chi connectivity index (χ3n) is 3.28. The van der Waals surface area contributed by atoms with Crippen molar-refractivity contribution in [3.05, 3.63) is 51.8 Å². The Hall–Kier alpha value is -1.13. The molecule has 0 radical (unpaired) electrons. The molecule has 2 aromatic rings. The first-order valence-electron chi connectivity index (χ1n) is 6.56. The first kappa shape index (κ1) is 14.3. The summed E-state index contributed by atoms with van der Waals surface area (Å²) in [7, 11) is 0. The highest BCUT2D eigenvalue weighted by Crippen LogP contribution is 2.26. The number of hydrogen-bond donors (Lipinski definition) is 1. The number of aliphatic hydroxyl groups is 1. The van der Waals surface area contributed by atoms with Crippen LogP contribution in [-0.4, -0.2) is 14.9 Å². The summed E-state index contributed by atoms with van der Waals surface area (Å²) < 4.78 is 2.72. The smallest absolute Gasteiger partial charge is 0.0971 e. The van der Waals surface area contributed by atoms with Crippen LogP contribution in [0, 0.1) is 6.92 Å². The van der Waals surface area contributed by atoms with E-state index in [1.54, 1.807) is 6.20 Å². The van der Waals surface area contributed by atoms with E-state index in [9.17, 15) is 5.11 Å². The van der Waals surface area contributed by atoms with Crippen LogP contribution in [0.2, 0.25) is 0 Å². The molecule has 102 valence electrons. The number of aryl methyl sites for hydroxylation is 3. The summed E-state index contributed by atoms with van der Waals surface area (Å²) >= 11 is 3.45. The predicted molar refractivity (Wildman–Crippen MR) is 80.1 cm³/mol. The van der Waals surface area contributed by atoms with Gasteiger partial charge in [0.05, 0.1) is 22.5 Å². The number of hydrogen-bond acceptors (Lipinski definition) is 2. The summed E-state index contributed by atoms with van der Waals surface area (Å²) in [4.78, 5) is 0. The molecule has 1 N–H and O–H groups in total. The Morgan fingerprint density at radius 2 is 2.00 bits per heavy atom. The SMILES string of the molecule is CCn1ncc(Br)c1C(O)CCc1ccc(C)cc1. The molecule has 0 saturated carbocycles. The summed E-state index contributed by atoms with van der Waals surface area (Å²) in [5, 5.41) is 14.6. The predicted octanol–water partition coefficient (Wildman–Crippen LogP) is 3.64. The number of nitrogens with zero attached hydrogens (tertiary/aromatic N) is 2. The summed E-state index contributed by atoms with van der Waals surface area (Å²) in [6.45, 7) is 4.87. The van der Waals surface area contributed by atoms with Crippen molar-refractivity contribution in [3.63, 3.8) is 0 Å². The first-order chi connectivity index (χ1) is 9.11. The molecule has 0 bridgehead atoms. The van der Waals surface area contributed by atoms with E-state index < -0.39 is 6.10 Å². The van der Waals surface area contributed by atoms with Gasteiger partial charge in [-0.15, -0.1) is 0 Å². The first-order valence-corrected chi connectivity index (χ1v) is 7.36. The number of aliphatic hydroxyl groups excluding tert-OH is 1. The lowest BCUT2D eigenvalue weighted by molar-refractivity contribution is 0.156. The van der Waals surface area contributed by atoms with Gasteiger partial charge in [-0.1, -0.05) is 29.8 Å². The van der Waals surface area contributed by atoms with E-state index >= 15 is 0 Å². The third-order valence-corrected chi connectivity index (χ3v) is 3.89. The molecule has 2 rings (SSSR count). The lowest BCUT2D eigenvalue weighted by atomic mass is 10.0. The van der Waals surface area contributed by atoms with Gasteiger partial charge in [0.15, 0.2) is 0 Å². The zero-order valence-electron chi connectivity index (χ0n) is 11.3. The van der Waals surface area contributed by atoms with Crippen molar-refractivity contribution in [1.29, 1.82) is 0 Å². The average molecular weight is 323 g/mol. The number of rotatable bonds is 5. The maximum absolute atomic E-state index is 10.3. The highest BCUT2D eigenvalue weighted by atomic mass is 79.9. The van der Waals surface area contributed by atoms with E-state index in [1.165, 1.54) is 11.1 Å². The van der Waals surface area contributed by atoms with Crippen LogP contribution in [-0.2, 0) is 13.0 Å². The second-order valence-electron chi connectivity index (χ2n) is 4.73. The van der Waals surface area contributed by atoms with Crippen molar-refractivity contribution in [2.24, 2.45) is 0 Å². The fraction of sp³-hybridized carbons (Fsp3) is 0.400. The van der Waals surface area contributed by atoms with Crippen LogP contribution in [0.15, 0.2) is 34.9 Å². The van der Waals surface area contributed by atoms with Crippen LogP contribution < -0.4 is 0 Å². The van der Waals surface area contributed by atoms with Crippen molar-refractivity contribution in [3.8, 4) is 0 Å². The number of aromatic nitrogens is 2. The maximum Gasteiger partial charge on any atom is 0.0971 e. The fourth-order valence-corrected chi connectivity index (χ4v) is 2.71. The molecule has 0 amide bonds. The minimum Gasteiger partial charge on any atom is -0.387 e. The Bertz CT molecular complexity index is 534. The van der Waals surface area contributed by atoms with Crippen LogP contribution in [0.5, 0.6) is 0 Å². The van der Waals surface area contributed by atoms with Crippen molar-refractivity contribution in [1.82, 2.24) is 9.78 Å². The Balaban J connectivity index is 2.03. The molecule has 4 heteroatoms. The lowest BCUT2D eigenvalue weighted by Gasteiger charge is -2.13. The van der Waals surface area contributed by atoms with E-state index in [2.05, 4.69) is 52.2 Å². The van der Waals surface area contributed by atoms with Crippen LogP contribution in [0.25, 0.3) is 0 Å². The minimum absolute atomic E-state index is 0.488. The molecule has 0 aliphatic heterocycles. The molecule has 0 fully saturated rings. The van der Waals surface area contributed by atoms with Crippen LogP contribution >= 0.6 is 15.9 Å². The van der Waals surface area contributed by atoms with Gasteiger partial charge in [-0.25, -0.2) is 0 Å². The van der Waals surface area contributed by atoms with E-state index in [0.717, 1.165) is 23.1 Å². The largest absolute Gasteiger partial charge is 0.387 e. The van der Waals surface area contributed by atoms with Crippen LogP contribution in [0.1, 0.15) is 36.3 Å². The average Bonchev–Trinajstić information content (AvgIpc) is 2.79. The maximum atomic E-state index is 10.3. The molecule has 1 atom stereocenters. The second kappa shape index (κ2) is 6.35. The monoisotopic (exact) mass is 322 g/mol. The second-order valence-corrected chi connectivity index (χ2v) is 5.59. The molecule has 0 aliphatic carbocycles. The normalized spacial score (nSPS) is 12.6. The van der Waals surface area contributed by atoms with Gasteiger partial charge in [0, 0.05) is 6.54 Å². The molecule has 1 heterocycles. The Kier molecular flexibility index (Phi) is 4.77. The molecular weight excluding hydrogens is 304 g/mol. The van der Waals surface area contributed by atoms with Gasteiger partial charge in [-0.2, -0.15) is 5.10 Å². The molecule has 1 aromatic heterocycles. The van der Waals surface area contributed by atoms with Crippen molar-refractivity contribution < 1.29 is 5.11 Å². The van der Waals surface area contributed by atoms with Gasteiger partial charge in [-0.05, 0) is 48.2 Å². The Morgan fingerprint density at radius 3 is 2.63 bits per heavy atom. The van der Waals surface area contributed by atoms with E-state index in [4.69, 9.17) is 0 Å². The van der Waals surface area contributed by atoms with E-state index in [-0.39, 0.29) is 0 Å². The summed E-state index contributed by atoms with van der Waals surface area (Å²) in [5.41, 5.74) is 3.38. The standard InChI is InChI=1S/C15H19BrN2O/c1-3-18-15(13(16)10-17-18)14(19)9-8-12-6-4-11(2)5-7-12/h4-7,10,14,19H,3,8-9H2,1-2H3. The third kappa shape index (κ3) is 3.45. The fourth-order valence-electron chi connectivity index (χ4n) is 2.15. The quantitative estimate of drug-likeness (QED) is 0.912. The van der Waals surface area contributed by atoms with Crippen LogP contribution in [0.3, 0.4) is 0 Å². The zero-order valence-corrected chi connectivity index (χ0v) is 12.9. The molecule has 1 aromatic carbocycles. The molecule has 0 aliphatic rings.